The van der Waals surface area contributed by atoms with Crippen molar-refractivity contribution in [2.75, 3.05) is 40.9 Å². The molecule has 0 spiro atoms. The highest BCUT2D eigenvalue weighted by atomic mass is 31.2. The number of hydrogen-bond donors (Lipinski definition) is 1. The van der Waals surface area contributed by atoms with Crippen LogP contribution in [0.5, 0.6) is 0 Å². The van der Waals surface area contributed by atoms with Gasteiger partial charge in [0.1, 0.15) is 19.3 Å². The molecule has 9 nitrogen and oxygen atoms in total. The number of likely N-dealkylation sites (N-methyl/N-ethyl adjacent to an activating group) is 1. The highest BCUT2D eigenvalue weighted by Gasteiger charge is 2.27. The van der Waals surface area contributed by atoms with Gasteiger partial charge in [0, 0.05) is 12.8 Å². The van der Waals surface area contributed by atoms with Gasteiger partial charge in [-0.05, 0) is 102 Å². The average molecular weight is 1130 g/mol. The standard InChI is InChI=1S/C69H125N2O7P/c1-7-10-13-16-19-22-25-27-29-31-33-34-35-36-38-39-41-43-46-49-52-55-58-61-68(72)70-66(65-77-79(74,75)76-64-63-71(4,5)6)67(60-57-54-51-48-45-24-21-18-15-12-9-3)78-69(73)62-59-56-53-50-47-44-42-40-37-32-30-28-26-23-20-17-14-11-8-2/h10,13,19,22,27-30,33-34,36,38,57,60,66-67H,7-9,11-12,14-18,20-21,23-26,31-32,35,37,39-56,58-59,61-65H2,1-6H3,(H-,70,72,74,75)/b13-10-,22-19-,29-27-,30-28+,34-33-,38-36-,60-57-. The summed E-state index contributed by atoms with van der Waals surface area (Å²) in [6, 6.07) is -0.899. The first kappa shape index (κ1) is 76.2. The first-order valence-electron chi connectivity index (χ1n) is 32.9. The Bertz CT molecular complexity index is 1630. The van der Waals surface area contributed by atoms with Crippen LogP contribution in [0, 0.1) is 0 Å². The molecule has 0 saturated carbocycles. The van der Waals surface area contributed by atoms with Crippen LogP contribution in [0.2, 0.25) is 0 Å². The van der Waals surface area contributed by atoms with Crippen molar-refractivity contribution >= 4 is 19.7 Å². The summed E-state index contributed by atoms with van der Waals surface area (Å²) >= 11 is 0. The van der Waals surface area contributed by atoms with Gasteiger partial charge in [-0.2, -0.15) is 0 Å². The molecule has 3 atom stereocenters. The number of esters is 1. The van der Waals surface area contributed by atoms with Crippen LogP contribution >= 0.6 is 7.82 Å². The number of carbonyl (C=O) groups is 2. The lowest BCUT2D eigenvalue weighted by Crippen LogP contribution is -2.47. The van der Waals surface area contributed by atoms with Crippen molar-refractivity contribution in [3.05, 3.63) is 85.1 Å². The van der Waals surface area contributed by atoms with Crippen molar-refractivity contribution in [3.63, 3.8) is 0 Å². The van der Waals surface area contributed by atoms with E-state index in [0.717, 1.165) is 103 Å². The van der Waals surface area contributed by atoms with E-state index in [4.69, 9.17) is 13.8 Å². The molecule has 10 heteroatoms. The van der Waals surface area contributed by atoms with Crippen LogP contribution < -0.4 is 10.2 Å². The number of phosphoric acid groups is 1. The van der Waals surface area contributed by atoms with E-state index >= 15 is 0 Å². The minimum absolute atomic E-state index is 0.0279. The third-order valence-electron chi connectivity index (χ3n) is 14.3. The van der Waals surface area contributed by atoms with Gasteiger partial charge in [-0.1, -0.05) is 260 Å². The molecule has 79 heavy (non-hydrogen) atoms. The molecule has 0 rings (SSSR count). The number of hydrogen-bond acceptors (Lipinski definition) is 7. The normalized spacial score (nSPS) is 14.2. The van der Waals surface area contributed by atoms with Crippen LogP contribution in [0.3, 0.4) is 0 Å². The van der Waals surface area contributed by atoms with E-state index in [0.29, 0.717) is 17.4 Å². The molecule has 1 N–H and O–H groups in total. The molecule has 0 aromatic heterocycles. The lowest BCUT2D eigenvalue weighted by Gasteiger charge is -2.30. The van der Waals surface area contributed by atoms with Crippen molar-refractivity contribution in [3.8, 4) is 0 Å². The molecule has 0 aliphatic carbocycles. The van der Waals surface area contributed by atoms with Gasteiger partial charge in [0.25, 0.3) is 7.82 Å². The van der Waals surface area contributed by atoms with Crippen molar-refractivity contribution in [2.45, 2.75) is 303 Å². The van der Waals surface area contributed by atoms with Gasteiger partial charge in [0.2, 0.25) is 5.91 Å². The van der Waals surface area contributed by atoms with E-state index in [1.54, 1.807) is 0 Å². The third kappa shape index (κ3) is 59.6. The molecule has 0 radical (unpaired) electrons. The Morgan fingerprint density at radius 2 is 0.810 bits per heavy atom. The molecule has 0 aliphatic rings. The minimum atomic E-state index is -4.71. The zero-order valence-electron chi connectivity index (χ0n) is 52.3. The topological polar surface area (TPSA) is 114 Å². The second-order valence-electron chi connectivity index (χ2n) is 23.2. The number of amides is 1. The fourth-order valence-corrected chi connectivity index (χ4v) is 9.97. The molecule has 0 heterocycles. The number of rotatable bonds is 59. The molecule has 0 aliphatic heterocycles. The average Bonchev–Trinajstić information content (AvgIpc) is 3.41. The summed E-state index contributed by atoms with van der Waals surface area (Å²) in [6.45, 7) is 6.72. The van der Waals surface area contributed by atoms with Crippen LogP contribution in [0.1, 0.15) is 290 Å². The van der Waals surface area contributed by atoms with Gasteiger partial charge in [0.05, 0.1) is 33.8 Å². The van der Waals surface area contributed by atoms with Crippen molar-refractivity contribution in [1.29, 1.82) is 0 Å². The van der Waals surface area contributed by atoms with Crippen molar-refractivity contribution in [2.24, 2.45) is 0 Å². The van der Waals surface area contributed by atoms with E-state index in [9.17, 15) is 19.0 Å². The summed E-state index contributed by atoms with van der Waals surface area (Å²) in [5, 5.41) is 3.03. The summed E-state index contributed by atoms with van der Waals surface area (Å²) in [7, 11) is 1.17. The number of unbranched alkanes of at least 4 members (excludes halogenated alkanes) is 31. The maximum atomic E-state index is 13.6. The first-order valence-corrected chi connectivity index (χ1v) is 34.4. The van der Waals surface area contributed by atoms with Crippen molar-refractivity contribution < 1.29 is 37.3 Å². The van der Waals surface area contributed by atoms with Gasteiger partial charge in [-0.25, -0.2) is 0 Å². The molecule has 458 valence electrons. The number of quaternary nitrogens is 1. The number of allylic oxidation sites excluding steroid dienone is 13. The van der Waals surface area contributed by atoms with E-state index in [1.165, 1.54) is 154 Å². The number of nitrogens with zero attached hydrogens (tertiary/aromatic N) is 1. The quantitative estimate of drug-likeness (QED) is 0.0212. The fraction of sp³-hybridized carbons (Fsp3) is 0.768. The fourth-order valence-electron chi connectivity index (χ4n) is 9.25. The maximum Gasteiger partial charge on any atom is 0.306 e. The number of carbonyl (C=O) groups excluding carboxylic acids is 2. The molecule has 0 fully saturated rings. The SMILES string of the molecule is CC/C=C\C/C=C\C/C=C\C/C=C\C/C=C\CCCCCCCCCC(=O)NC(COP(=O)([O-])OCC[N+](C)(C)C)C(/C=C\CCCCCCCCCCC)OC(=O)CCCCCCCCCCC/C=C/CCCCCCCC. The van der Waals surface area contributed by atoms with Crippen LogP contribution in [0.15, 0.2) is 85.1 Å². The summed E-state index contributed by atoms with van der Waals surface area (Å²) in [6.07, 6.45) is 76.9. The predicted molar refractivity (Wildman–Crippen MR) is 339 cm³/mol. The summed E-state index contributed by atoms with van der Waals surface area (Å²) in [4.78, 5) is 40.1. The predicted octanol–water partition coefficient (Wildman–Crippen LogP) is 19.9. The monoisotopic (exact) mass is 1120 g/mol. The van der Waals surface area contributed by atoms with Crippen LogP contribution in [-0.2, 0) is 27.9 Å². The Kier molecular flexibility index (Phi) is 56.3. The van der Waals surface area contributed by atoms with Crippen LogP contribution in [-0.4, -0.2) is 69.4 Å². The largest absolute Gasteiger partial charge is 0.756 e. The first-order chi connectivity index (χ1) is 38.4. The Balaban J connectivity index is 5.16. The van der Waals surface area contributed by atoms with Gasteiger partial charge in [0.15, 0.2) is 0 Å². The highest BCUT2D eigenvalue weighted by molar-refractivity contribution is 7.45. The Morgan fingerprint density at radius 3 is 1.23 bits per heavy atom. The number of nitrogens with one attached hydrogen (secondary N) is 1. The van der Waals surface area contributed by atoms with Crippen LogP contribution in [0.4, 0.5) is 0 Å². The van der Waals surface area contributed by atoms with Crippen molar-refractivity contribution in [1.82, 2.24) is 5.32 Å². The van der Waals surface area contributed by atoms with E-state index in [1.807, 2.05) is 33.3 Å². The minimum Gasteiger partial charge on any atom is -0.756 e. The summed E-state index contributed by atoms with van der Waals surface area (Å²) < 4.78 is 30.4. The summed E-state index contributed by atoms with van der Waals surface area (Å²) in [5.74, 6) is -0.554. The van der Waals surface area contributed by atoms with E-state index in [2.05, 4.69) is 99.0 Å². The Morgan fingerprint density at radius 1 is 0.456 bits per heavy atom. The second-order valence-corrected chi connectivity index (χ2v) is 24.6. The van der Waals surface area contributed by atoms with Gasteiger partial charge in [-0.3, -0.25) is 14.2 Å². The lowest BCUT2D eigenvalue weighted by molar-refractivity contribution is -0.870. The Hall–Kier alpha value is -2.81. The lowest BCUT2D eigenvalue weighted by atomic mass is 10.0. The molecule has 1 amide bonds. The second kappa shape index (κ2) is 58.4. The zero-order chi connectivity index (χ0) is 57.9. The van der Waals surface area contributed by atoms with Gasteiger partial charge in [-0.15, -0.1) is 0 Å². The number of phosphoric ester groups is 1. The number of ether oxygens (including phenoxy) is 1. The summed E-state index contributed by atoms with van der Waals surface area (Å²) in [5.41, 5.74) is 0. The maximum absolute atomic E-state index is 13.6. The highest BCUT2D eigenvalue weighted by Crippen LogP contribution is 2.38. The molecule has 0 saturated heterocycles. The molecular weight excluding hydrogens is 1000 g/mol. The molecule has 3 unspecified atom stereocenters. The van der Waals surface area contributed by atoms with Crippen LogP contribution in [0.25, 0.3) is 0 Å². The third-order valence-corrected chi connectivity index (χ3v) is 15.3. The molecular formula is C69H125N2O7P. The molecule has 0 bridgehead atoms. The van der Waals surface area contributed by atoms with Gasteiger partial charge < -0.3 is 28.5 Å². The molecule has 0 aromatic rings. The van der Waals surface area contributed by atoms with E-state index < -0.39 is 26.6 Å². The Labute approximate surface area is 488 Å². The smallest absolute Gasteiger partial charge is 0.306 e. The van der Waals surface area contributed by atoms with E-state index in [-0.39, 0.29) is 24.9 Å². The molecule has 0 aromatic carbocycles. The zero-order valence-corrected chi connectivity index (χ0v) is 53.2. The van der Waals surface area contributed by atoms with Gasteiger partial charge >= 0.3 is 5.97 Å².